The zero-order valence-electron chi connectivity index (χ0n) is 10.3. The molecule has 2 rings (SSSR count). The summed E-state index contributed by atoms with van der Waals surface area (Å²) >= 11 is 1.70. The Bertz CT molecular complexity index is 473. The Morgan fingerprint density at radius 3 is 2.65 bits per heavy atom. The molecule has 3 heteroatoms. The molecule has 0 saturated carbocycles. The molecule has 0 saturated heterocycles. The fraction of sp³-hybridized carbons (Fsp3) is 0.357. The second-order valence-corrected chi connectivity index (χ2v) is 5.31. The van der Waals surface area contributed by atoms with E-state index < -0.39 is 0 Å². The van der Waals surface area contributed by atoms with Crippen LogP contribution in [0.4, 0.5) is 0 Å². The second kappa shape index (κ2) is 5.43. The Hall–Kier alpha value is -1.19. The minimum atomic E-state index is 0.229. The van der Waals surface area contributed by atoms with E-state index in [9.17, 15) is 0 Å². The molecule has 0 bridgehead atoms. The number of aryl methyl sites for hydroxylation is 1. The highest BCUT2D eigenvalue weighted by molar-refractivity contribution is 7.09. The van der Waals surface area contributed by atoms with Crippen LogP contribution in [0.3, 0.4) is 0 Å². The van der Waals surface area contributed by atoms with Crippen molar-refractivity contribution in [2.45, 2.75) is 32.7 Å². The zero-order valence-corrected chi connectivity index (χ0v) is 11.1. The molecule has 2 nitrogen and oxygen atoms in total. The molecule has 1 aromatic heterocycles. The number of rotatable bonds is 4. The van der Waals surface area contributed by atoms with Crippen LogP contribution < -0.4 is 5.73 Å². The largest absolute Gasteiger partial charge is 0.327 e. The van der Waals surface area contributed by atoms with Crippen LogP contribution in [-0.4, -0.2) is 11.0 Å². The maximum atomic E-state index is 5.94. The maximum Gasteiger partial charge on any atom is 0.0948 e. The monoisotopic (exact) mass is 246 g/mol. The summed E-state index contributed by atoms with van der Waals surface area (Å²) in [5.74, 6) is 0. The number of aromatic nitrogens is 1. The minimum absolute atomic E-state index is 0.229. The lowest BCUT2D eigenvalue weighted by atomic mass is 10.1. The van der Waals surface area contributed by atoms with Gasteiger partial charge in [-0.1, -0.05) is 36.8 Å². The van der Waals surface area contributed by atoms with E-state index in [1.165, 1.54) is 11.1 Å². The zero-order chi connectivity index (χ0) is 12.3. The van der Waals surface area contributed by atoms with Gasteiger partial charge in [-0.2, -0.15) is 0 Å². The summed E-state index contributed by atoms with van der Waals surface area (Å²) in [4.78, 5) is 4.64. The Balaban J connectivity index is 2.15. The average molecular weight is 246 g/mol. The van der Waals surface area contributed by atoms with Gasteiger partial charge in [0.25, 0.3) is 0 Å². The van der Waals surface area contributed by atoms with Crippen LogP contribution in [0.25, 0.3) is 11.3 Å². The van der Waals surface area contributed by atoms with E-state index >= 15 is 0 Å². The van der Waals surface area contributed by atoms with E-state index in [0.717, 1.165) is 23.5 Å². The van der Waals surface area contributed by atoms with Crippen molar-refractivity contribution in [3.63, 3.8) is 0 Å². The van der Waals surface area contributed by atoms with Gasteiger partial charge in [-0.05, 0) is 13.3 Å². The van der Waals surface area contributed by atoms with Crippen molar-refractivity contribution in [3.05, 3.63) is 40.2 Å². The molecule has 0 spiro atoms. The van der Waals surface area contributed by atoms with Crippen molar-refractivity contribution in [1.29, 1.82) is 0 Å². The van der Waals surface area contributed by atoms with E-state index in [1.54, 1.807) is 11.3 Å². The van der Waals surface area contributed by atoms with Crippen molar-refractivity contribution in [2.24, 2.45) is 5.73 Å². The van der Waals surface area contributed by atoms with Gasteiger partial charge in [0.2, 0.25) is 0 Å². The molecule has 0 radical (unpaired) electrons. The third kappa shape index (κ3) is 3.14. The number of hydrogen-bond donors (Lipinski definition) is 1. The van der Waals surface area contributed by atoms with Gasteiger partial charge in [-0.25, -0.2) is 4.98 Å². The van der Waals surface area contributed by atoms with Crippen LogP contribution in [0, 0.1) is 6.92 Å². The van der Waals surface area contributed by atoms with Gasteiger partial charge in [-0.3, -0.25) is 0 Å². The lowest BCUT2D eigenvalue weighted by Gasteiger charge is -2.04. The molecule has 1 unspecified atom stereocenters. The molecule has 0 fully saturated rings. The molecule has 17 heavy (non-hydrogen) atoms. The van der Waals surface area contributed by atoms with Crippen LogP contribution in [0.2, 0.25) is 0 Å². The number of benzene rings is 1. The normalized spacial score (nSPS) is 12.6. The number of hydrogen-bond acceptors (Lipinski definition) is 3. The van der Waals surface area contributed by atoms with Gasteiger partial charge in [-0.15, -0.1) is 11.3 Å². The third-order valence-electron chi connectivity index (χ3n) is 2.86. The van der Waals surface area contributed by atoms with Gasteiger partial charge in [0.1, 0.15) is 0 Å². The molecular formula is C14H18N2S. The number of nitrogens with zero attached hydrogens (tertiary/aromatic N) is 1. The third-order valence-corrected chi connectivity index (χ3v) is 3.73. The fourth-order valence-electron chi connectivity index (χ4n) is 1.63. The molecule has 2 N–H and O–H groups in total. The highest BCUT2D eigenvalue weighted by Crippen LogP contribution is 2.22. The molecule has 1 aromatic carbocycles. The first-order chi connectivity index (χ1) is 8.19. The molecule has 0 amide bonds. The molecule has 1 heterocycles. The first-order valence-corrected chi connectivity index (χ1v) is 6.84. The molecule has 90 valence electrons. The topological polar surface area (TPSA) is 38.9 Å². The highest BCUT2D eigenvalue weighted by atomic mass is 32.1. The van der Waals surface area contributed by atoms with Gasteiger partial charge in [0, 0.05) is 23.4 Å². The van der Waals surface area contributed by atoms with E-state index in [0.29, 0.717) is 0 Å². The Morgan fingerprint density at radius 1 is 1.29 bits per heavy atom. The van der Waals surface area contributed by atoms with Crippen LogP contribution in [0.15, 0.2) is 29.6 Å². The second-order valence-electron chi connectivity index (χ2n) is 4.36. The first kappa shape index (κ1) is 12.3. The van der Waals surface area contributed by atoms with Crippen LogP contribution in [0.5, 0.6) is 0 Å². The molecule has 1 atom stereocenters. The molecule has 0 aliphatic rings. The lowest BCUT2D eigenvalue weighted by Crippen LogP contribution is -2.21. The van der Waals surface area contributed by atoms with Crippen LogP contribution in [0.1, 0.15) is 23.9 Å². The summed E-state index contributed by atoms with van der Waals surface area (Å²) in [6.07, 6.45) is 1.88. The SMILES string of the molecule is CCC(N)Cc1nc(-c2ccc(C)cc2)cs1. The van der Waals surface area contributed by atoms with Crippen molar-refractivity contribution in [3.8, 4) is 11.3 Å². The lowest BCUT2D eigenvalue weighted by molar-refractivity contribution is 0.644. The van der Waals surface area contributed by atoms with E-state index in [4.69, 9.17) is 5.73 Å². The predicted molar refractivity (Wildman–Crippen MR) is 74.3 cm³/mol. The predicted octanol–water partition coefficient (Wildman–Crippen LogP) is 3.40. The summed E-state index contributed by atoms with van der Waals surface area (Å²) in [6, 6.07) is 8.70. The van der Waals surface area contributed by atoms with Gasteiger partial charge >= 0.3 is 0 Å². The van der Waals surface area contributed by atoms with E-state index in [2.05, 4.69) is 48.5 Å². The van der Waals surface area contributed by atoms with Crippen LogP contribution >= 0.6 is 11.3 Å². The first-order valence-electron chi connectivity index (χ1n) is 5.96. The number of thiazole rings is 1. The standard InChI is InChI=1S/C14H18N2S/c1-3-12(15)8-14-16-13(9-17-14)11-6-4-10(2)5-7-11/h4-7,9,12H,3,8,15H2,1-2H3. The molecular weight excluding hydrogens is 228 g/mol. The summed E-state index contributed by atoms with van der Waals surface area (Å²) < 4.78 is 0. The highest BCUT2D eigenvalue weighted by Gasteiger charge is 2.07. The molecule has 2 aromatic rings. The van der Waals surface area contributed by atoms with Gasteiger partial charge in [0.05, 0.1) is 10.7 Å². The van der Waals surface area contributed by atoms with Gasteiger partial charge < -0.3 is 5.73 Å². The number of nitrogens with two attached hydrogens (primary N) is 1. The Labute approximate surface area is 107 Å². The van der Waals surface area contributed by atoms with Crippen molar-refractivity contribution >= 4 is 11.3 Å². The maximum absolute atomic E-state index is 5.94. The quantitative estimate of drug-likeness (QED) is 0.898. The smallest absolute Gasteiger partial charge is 0.0948 e. The van der Waals surface area contributed by atoms with Gasteiger partial charge in [0.15, 0.2) is 0 Å². The minimum Gasteiger partial charge on any atom is -0.327 e. The molecule has 0 aliphatic carbocycles. The van der Waals surface area contributed by atoms with Crippen molar-refractivity contribution < 1.29 is 0 Å². The van der Waals surface area contributed by atoms with Crippen molar-refractivity contribution in [1.82, 2.24) is 4.98 Å². The van der Waals surface area contributed by atoms with E-state index in [-0.39, 0.29) is 6.04 Å². The van der Waals surface area contributed by atoms with Crippen LogP contribution in [-0.2, 0) is 6.42 Å². The molecule has 0 aliphatic heterocycles. The average Bonchev–Trinajstić information content (AvgIpc) is 2.78. The summed E-state index contributed by atoms with van der Waals surface area (Å²) in [5.41, 5.74) is 9.46. The van der Waals surface area contributed by atoms with E-state index in [1.807, 2.05) is 0 Å². The summed E-state index contributed by atoms with van der Waals surface area (Å²) in [7, 11) is 0. The Morgan fingerprint density at radius 2 is 2.00 bits per heavy atom. The fourth-order valence-corrected chi connectivity index (χ4v) is 2.53. The van der Waals surface area contributed by atoms with Crippen molar-refractivity contribution in [2.75, 3.05) is 0 Å². The summed E-state index contributed by atoms with van der Waals surface area (Å²) in [6.45, 7) is 4.20. The Kier molecular flexibility index (Phi) is 3.92. The summed E-state index contributed by atoms with van der Waals surface area (Å²) in [5, 5.41) is 3.25.